The van der Waals surface area contributed by atoms with E-state index in [4.69, 9.17) is 0 Å². The number of methoxy groups -OCH3 is 1. The van der Waals surface area contributed by atoms with Crippen LogP contribution in [0.25, 0.3) is 0 Å². The number of ether oxygens (including phenoxy) is 1. The topological polar surface area (TPSA) is 75.7 Å². The number of anilines is 1. The fourth-order valence-corrected chi connectivity index (χ4v) is 2.45. The average Bonchev–Trinajstić information content (AvgIpc) is 2.65. The molecule has 0 heterocycles. The number of hydrogen-bond acceptors (Lipinski definition) is 4. The second kappa shape index (κ2) is 8.80. The van der Waals surface area contributed by atoms with Gasteiger partial charge in [-0.15, -0.1) is 0 Å². The summed E-state index contributed by atoms with van der Waals surface area (Å²) in [6.45, 7) is 4.05. The van der Waals surface area contributed by atoms with Crippen LogP contribution in [0.1, 0.15) is 33.2 Å². The molecule has 0 radical (unpaired) electrons. The Bertz CT molecular complexity index is 782. The molecule has 0 fully saturated rings. The molecule has 2 rings (SSSR count). The van der Waals surface area contributed by atoms with Crippen molar-refractivity contribution in [2.24, 2.45) is 0 Å². The van der Waals surface area contributed by atoms with E-state index in [2.05, 4.69) is 10.1 Å². The van der Waals surface area contributed by atoms with Crippen LogP contribution in [-0.2, 0) is 9.53 Å². The number of nitrogens with one attached hydrogen (secondary N) is 1. The highest BCUT2D eigenvalue weighted by atomic mass is 16.5. The minimum atomic E-state index is -0.434. The molecule has 1 N–H and O–H groups in total. The molecule has 0 unspecified atom stereocenters. The molecule has 0 bridgehead atoms. The Morgan fingerprint density at radius 1 is 0.962 bits per heavy atom. The van der Waals surface area contributed by atoms with Crippen molar-refractivity contribution < 1.29 is 19.1 Å². The highest BCUT2D eigenvalue weighted by molar-refractivity contribution is 5.95. The van der Waals surface area contributed by atoms with Gasteiger partial charge in [-0.1, -0.05) is 17.7 Å². The van der Waals surface area contributed by atoms with Crippen molar-refractivity contribution in [1.82, 2.24) is 5.32 Å². The molecule has 2 aromatic carbocycles. The molecule has 6 heteroatoms. The van der Waals surface area contributed by atoms with E-state index in [1.807, 2.05) is 19.1 Å². The van der Waals surface area contributed by atoms with Crippen molar-refractivity contribution in [3.8, 4) is 0 Å². The number of amides is 2. The lowest BCUT2D eigenvalue weighted by Crippen LogP contribution is -2.37. The summed E-state index contributed by atoms with van der Waals surface area (Å²) in [6, 6.07) is 13.8. The number of hydrogen-bond donors (Lipinski definition) is 1. The molecule has 0 aliphatic heterocycles. The van der Waals surface area contributed by atoms with E-state index in [1.54, 1.807) is 36.4 Å². The van der Waals surface area contributed by atoms with Gasteiger partial charge in [0, 0.05) is 31.3 Å². The fourth-order valence-electron chi connectivity index (χ4n) is 2.45. The van der Waals surface area contributed by atoms with Gasteiger partial charge < -0.3 is 15.0 Å². The van der Waals surface area contributed by atoms with Gasteiger partial charge in [0.2, 0.25) is 5.91 Å². The van der Waals surface area contributed by atoms with Gasteiger partial charge in [-0.25, -0.2) is 4.79 Å². The summed E-state index contributed by atoms with van der Waals surface area (Å²) in [5, 5.41) is 2.81. The molecule has 0 saturated heterocycles. The Labute approximate surface area is 152 Å². The van der Waals surface area contributed by atoms with Gasteiger partial charge in [0.15, 0.2) is 0 Å². The maximum Gasteiger partial charge on any atom is 0.337 e. The monoisotopic (exact) mass is 354 g/mol. The van der Waals surface area contributed by atoms with Crippen LogP contribution < -0.4 is 10.2 Å². The van der Waals surface area contributed by atoms with Crippen LogP contribution in [0.5, 0.6) is 0 Å². The van der Waals surface area contributed by atoms with Gasteiger partial charge in [0.1, 0.15) is 0 Å². The number of rotatable bonds is 6. The van der Waals surface area contributed by atoms with Gasteiger partial charge in [-0.05, 0) is 43.3 Å². The number of carbonyl (C=O) groups is 3. The van der Waals surface area contributed by atoms with Crippen molar-refractivity contribution in [3.05, 3.63) is 65.2 Å². The van der Waals surface area contributed by atoms with Crippen molar-refractivity contribution in [3.63, 3.8) is 0 Å². The van der Waals surface area contributed by atoms with Crippen LogP contribution in [0.4, 0.5) is 5.69 Å². The van der Waals surface area contributed by atoms with Gasteiger partial charge in [0.25, 0.3) is 5.91 Å². The summed E-state index contributed by atoms with van der Waals surface area (Å²) in [6.07, 6.45) is 0. The average molecular weight is 354 g/mol. The van der Waals surface area contributed by atoms with E-state index in [1.165, 1.54) is 18.9 Å². The number of aryl methyl sites for hydroxylation is 1. The second-order valence-corrected chi connectivity index (χ2v) is 5.83. The first kappa shape index (κ1) is 19.2. The normalized spacial score (nSPS) is 10.1. The van der Waals surface area contributed by atoms with Crippen LogP contribution in [0.15, 0.2) is 48.5 Å². The van der Waals surface area contributed by atoms with Crippen LogP contribution in [-0.4, -0.2) is 38.0 Å². The van der Waals surface area contributed by atoms with Crippen molar-refractivity contribution in [2.45, 2.75) is 13.8 Å². The van der Waals surface area contributed by atoms with E-state index in [0.717, 1.165) is 5.56 Å². The Morgan fingerprint density at radius 2 is 1.54 bits per heavy atom. The van der Waals surface area contributed by atoms with E-state index >= 15 is 0 Å². The number of nitrogens with zero attached hydrogens (tertiary/aromatic N) is 1. The molecule has 136 valence electrons. The zero-order valence-electron chi connectivity index (χ0n) is 15.1. The third-order valence-electron chi connectivity index (χ3n) is 3.91. The van der Waals surface area contributed by atoms with Crippen molar-refractivity contribution in [2.75, 3.05) is 25.1 Å². The summed E-state index contributed by atoms with van der Waals surface area (Å²) in [4.78, 5) is 37.1. The maximum atomic E-state index is 12.1. The van der Waals surface area contributed by atoms with E-state index in [-0.39, 0.29) is 11.8 Å². The second-order valence-electron chi connectivity index (χ2n) is 5.83. The first-order valence-electron chi connectivity index (χ1n) is 8.23. The van der Waals surface area contributed by atoms with E-state index in [0.29, 0.717) is 29.9 Å². The zero-order valence-corrected chi connectivity index (χ0v) is 15.1. The quantitative estimate of drug-likeness (QED) is 0.809. The Kier molecular flexibility index (Phi) is 6.49. The third kappa shape index (κ3) is 4.92. The summed E-state index contributed by atoms with van der Waals surface area (Å²) < 4.78 is 4.66. The van der Waals surface area contributed by atoms with Gasteiger partial charge >= 0.3 is 5.97 Å². The molecule has 2 amide bonds. The predicted molar refractivity (Wildman–Crippen MR) is 99.3 cm³/mol. The van der Waals surface area contributed by atoms with Crippen LogP contribution >= 0.6 is 0 Å². The lowest BCUT2D eigenvalue weighted by atomic mass is 10.1. The first-order valence-corrected chi connectivity index (χ1v) is 8.23. The molecule has 0 aliphatic carbocycles. The molecule has 6 nitrogen and oxygen atoms in total. The molecule has 0 saturated carbocycles. The van der Waals surface area contributed by atoms with Gasteiger partial charge in [-0.2, -0.15) is 0 Å². The fraction of sp³-hybridized carbons (Fsp3) is 0.250. The molecular weight excluding hydrogens is 332 g/mol. The molecule has 2 aromatic rings. The SMILES string of the molecule is COC(=O)c1ccc(N(CCNC(=O)c2ccc(C)cc2)C(C)=O)cc1. The summed E-state index contributed by atoms with van der Waals surface area (Å²) in [5.74, 6) is -0.772. The van der Waals surface area contributed by atoms with Gasteiger partial charge in [0.05, 0.1) is 12.7 Å². The Hall–Kier alpha value is -3.15. The number of esters is 1. The predicted octanol–water partition coefficient (Wildman–Crippen LogP) is 2.56. The lowest BCUT2D eigenvalue weighted by Gasteiger charge is -2.21. The maximum absolute atomic E-state index is 12.1. The number of benzene rings is 2. The molecule has 0 aromatic heterocycles. The van der Waals surface area contributed by atoms with E-state index in [9.17, 15) is 14.4 Å². The molecule has 0 atom stereocenters. The molecular formula is C20H22N2O4. The third-order valence-corrected chi connectivity index (χ3v) is 3.91. The Balaban J connectivity index is 1.98. The zero-order chi connectivity index (χ0) is 19.1. The standard InChI is InChI=1S/C20H22N2O4/c1-14-4-6-16(7-5-14)19(24)21-12-13-22(15(2)23)18-10-8-17(9-11-18)20(25)26-3/h4-11H,12-13H2,1-3H3,(H,21,24). The number of carbonyl (C=O) groups excluding carboxylic acids is 3. The smallest absolute Gasteiger partial charge is 0.337 e. The minimum absolute atomic E-state index is 0.152. The first-order chi connectivity index (χ1) is 12.4. The minimum Gasteiger partial charge on any atom is -0.465 e. The van der Waals surface area contributed by atoms with Crippen LogP contribution in [0.2, 0.25) is 0 Å². The highest BCUT2D eigenvalue weighted by Crippen LogP contribution is 2.16. The summed E-state index contributed by atoms with van der Waals surface area (Å²) >= 11 is 0. The summed E-state index contributed by atoms with van der Waals surface area (Å²) in [7, 11) is 1.31. The molecule has 0 aliphatic rings. The largest absolute Gasteiger partial charge is 0.465 e. The molecule has 0 spiro atoms. The van der Waals surface area contributed by atoms with E-state index < -0.39 is 5.97 Å². The highest BCUT2D eigenvalue weighted by Gasteiger charge is 2.13. The van der Waals surface area contributed by atoms with Gasteiger partial charge in [-0.3, -0.25) is 9.59 Å². The molecule has 26 heavy (non-hydrogen) atoms. The van der Waals surface area contributed by atoms with Crippen LogP contribution in [0, 0.1) is 6.92 Å². The van der Waals surface area contributed by atoms with Crippen molar-refractivity contribution >= 4 is 23.5 Å². The van der Waals surface area contributed by atoms with Crippen molar-refractivity contribution in [1.29, 1.82) is 0 Å². The lowest BCUT2D eigenvalue weighted by molar-refractivity contribution is -0.116. The Morgan fingerprint density at radius 3 is 2.08 bits per heavy atom. The van der Waals surface area contributed by atoms with Crippen LogP contribution in [0.3, 0.4) is 0 Å². The summed E-state index contributed by atoms with van der Waals surface area (Å²) in [5.41, 5.74) is 2.72.